The zero-order chi connectivity index (χ0) is 25.4. The van der Waals surface area contributed by atoms with Gasteiger partial charge >= 0.3 is 6.09 Å². The summed E-state index contributed by atoms with van der Waals surface area (Å²) in [6, 6.07) is 8.82. The number of hydrogen-bond donors (Lipinski definition) is 1. The van der Waals surface area contributed by atoms with E-state index in [-0.39, 0.29) is 40.7 Å². The lowest BCUT2D eigenvalue weighted by atomic mass is 10.1. The van der Waals surface area contributed by atoms with Crippen LogP contribution in [0.2, 0.25) is 0 Å². The molecule has 2 N–H and O–H groups in total. The maximum absolute atomic E-state index is 14.9. The number of rotatable bonds is 4. The molecule has 0 atom stereocenters. The van der Waals surface area contributed by atoms with Crippen molar-refractivity contribution in [2.24, 2.45) is 0 Å². The third kappa shape index (κ3) is 4.25. The molecule has 0 spiro atoms. The zero-order valence-corrected chi connectivity index (χ0v) is 19.3. The van der Waals surface area contributed by atoms with E-state index in [0.29, 0.717) is 31.9 Å². The molecule has 1 amide bonds. The maximum atomic E-state index is 14.9. The summed E-state index contributed by atoms with van der Waals surface area (Å²) < 4.78 is 48.8. The number of piperazine rings is 1. The molecule has 3 heterocycles. The van der Waals surface area contributed by atoms with Crippen molar-refractivity contribution >= 4 is 28.9 Å². The Labute approximate surface area is 203 Å². The van der Waals surface area contributed by atoms with Gasteiger partial charge in [0.2, 0.25) is 5.95 Å². The minimum atomic E-state index is -0.828. The highest BCUT2D eigenvalue weighted by Crippen LogP contribution is 2.35. The standard InChI is InChI=1S/C24H22F3N7O2/c1-2-36-24(35)33-10-8-32(9-11-33)23-29-20(17-7-6-15(26)13-18(17)27)19-21(28)34(31-22(19)30-23)16-5-3-4-14(25)12-16/h3-7,12-13H,2,8-11,28H2,1H3. The van der Waals surface area contributed by atoms with Crippen molar-refractivity contribution < 1.29 is 22.7 Å². The molecule has 9 nitrogen and oxygen atoms in total. The van der Waals surface area contributed by atoms with E-state index in [1.165, 1.54) is 28.9 Å². The van der Waals surface area contributed by atoms with Crippen molar-refractivity contribution in [3.63, 3.8) is 0 Å². The number of hydrogen-bond acceptors (Lipinski definition) is 7. The number of fused-ring (bicyclic) bond motifs is 1. The van der Waals surface area contributed by atoms with Gasteiger partial charge in [0, 0.05) is 37.8 Å². The van der Waals surface area contributed by atoms with Gasteiger partial charge in [-0.05, 0) is 37.3 Å². The van der Waals surface area contributed by atoms with Crippen molar-refractivity contribution in [2.75, 3.05) is 43.4 Å². The fourth-order valence-electron chi connectivity index (χ4n) is 4.13. The van der Waals surface area contributed by atoms with Gasteiger partial charge in [-0.15, -0.1) is 5.10 Å². The van der Waals surface area contributed by atoms with Crippen LogP contribution in [-0.2, 0) is 4.74 Å². The van der Waals surface area contributed by atoms with Crippen LogP contribution < -0.4 is 10.6 Å². The number of carbonyl (C=O) groups is 1. The summed E-state index contributed by atoms with van der Waals surface area (Å²) in [5.74, 6) is -1.73. The number of benzene rings is 2. The van der Waals surface area contributed by atoms with Gasteiger partial charge in [-0.3, -0.25) is 0 Å². The number of aromatic nitrogens is 4. The van der Waals surface area contributed by atoms with Gasteiger partial charge in [-0.2, -0.15) is 4.98 Å². The topological polar surface area (TPSA) is 102 Å². The number of nitrogens with two attached hydrogens (primary N) is 1. The lowest BCUT2D eigenvalue weighted by Gasteiger charge is -2.34. The highest BCUT2D eigenvalue weighted by molar-refractivity contribution is 5.99. The third-order valence-corrected chi connectivity index (χ3v) is 5.88. The predicted molar refractivity (Wildman–Crippen MR) is 127 cm³/mol. The Morgan fingerprint density at radius 1 is 1.03 bits per heavy atom. The van der Waals surface area contributed by atoms with Crippen LogP contribution in [0.1, 0.15) is 6.92 Å². The Kier molecular flexibility index (Phi) is 6.08. The van der Waals surface area contributed by atoms with Crippen molar-refractivity contribution in [2.45, 2.75) is 6.92 Å². The molecule has 0 unspecified atom stereocenters. The lowest BCUT2D eigenvalue weighted by Crippen LogP contribution is -2.49. The van der Waals surface area contributed by atoms with E-state index in [2.05, 4.69) is 15.1 Å². The van der Waals surface area contributed by atoms with Crippen LogP contribution in [0.15, 0.2) is 42.5 Å². The molecule has 0 aliphatic carbocycles. The van der Waals surface area contributed by atoms with Crippen LogP contribution in [-0.4, -0.2) is 63.5 Å². The SMILES string of the molecule is CCOC(=O)N1CCN(c2nc(-c3ccc(F)cc3F)c3c(N)n(-c4cccc(F)c4)nc3n2)CC1. The highest BCUT2D eigenvalue weighted by Gasteiger charge is 2.27. The van der Waals surface area contributed by atoms with Gasteiger partial charge in [0.1, 0.15) is 23.3 Å². The van der Waals surface area contributed by atoms with Gasteiger partial charge in [0.15, 0.2) is 5.65 Å². The molecule has 186 valence electrons. The summed E-state index contributed by atoms with van der Waals surface area (Å²) in [6.07, 6.45) is -0.399. The van der Waals surface area contributed by atoms with E-state index < -0.39 is 23.5 Å². The molecule has 0 bridgehead atoms. The fraction of sp³-hybridized carbons (Fsp3) is 0.250. The van der Waals surface area contributed by atoms with Crippen molar-refractivity contribution in [1.29, 1.82) is 0 Å². The lowest BCUT2D eigenvalue weighted by molar-refractivity contribution is 0.105. The number of carbonyl (C=O) groups excluding carboxylic acids is 1. The monoisotopic (exact) mass is 497 g/mol. The quantitative estimate of drug-likeness (QED) is 0.458. The third-order valence-electron chi connectivity index (χ3n) is 5.88. The van der Waals surface area contributed by atoms with E-state index in [4.69, 9.17) is 10.5 Å². The molecule has 1 aliphatic rings. The Morgan fingerprint density at radius 2 is 1.78 bits per heavy atom. The Morgan fingerprint density at radius 3 is 2.47 bits per heavy atom. The molecular formula is C24H22F3N7O2. The number of ether oxygens (including phenoxy) is 1. The van der Waals surface area contributed by atoms with Crippen molar-refractivity contribution in [1.82, 2.24) is 24.6 Å². The van der Waals surface area contributed by atoms with E-state index in [9.17, 15) is 18.0 Å². The number of nitrogen functional groups attached to an aromatic ring is 1. The van der Waals surface area contributed by atoms with Crippen LogP contribution in [0.25, 0.3) is 28.0 Å². The summed E-state index contributed by atoms with van der Waals surface area (Å²) in [6.45, 7) is 3.56. The van der Waals surface area contributed by atoms with Crippen LogP contribution in [0.5, 0.6) is 0 Å². The first-order valence-corrected chi connectivity index (χ1v) is 11.3. The minimum Gasteiger partial charge on any atom is -0.450 e. The number of anilines is 2. The molecule has 12 heteroatoms. The molecule has 4 aromatic rings. The molecule has 0 saturated carbocycles. The van der Waals surface area contributed by atoms with Gasteiger partial charge in [0.05, 0.1) is 23.4 Å². The summed E-state index contributed by atoms with van der Waals surface area (Å²) >= 11 is 0. The van der Waals surface area contributed by atoms with Gasteiger partial charge in [-0.1, -0.05) is 6.07 Å². The minimum absolute atomic E-state index is 0.0145. The molecule has 36 heavy (non-hydrogen) atoms. The fourth-order valence-corrected chi connectivity index (χ4v) is 4.13. The largest absolute Gasteiger partial charge is 0.450 e. The van der Waals surface area contributed by atoms with Crippen molar-refractivity contribution in [3.05, 3.63) is 59.9 Å². The second-order valence-corrected chi connectivity index (χ2v) is 8.14. The first kappa shape index (κ1) is 23.4. The Bertz CT molecular complexity index is 1450. The second kappa shape index (κ2) is 9.36. The van der Waals surface area contributed by atoms with Crippen LogP contribution in [0.4, 0.5) is 29.7 Å². The first-order chi connectivity index (χ1) is 17.4. The number of nitrogens with zero attached hydrogens (tertiary/aromatic N) is 6. The average Bonchev–Trinajstić information content (AvgIpc) is 3.20. The van der Waals surface area contributed by atoms with Gasteiger partial charge in [0.25, 0.3) is 0 Å². The predicted octanol–water partition coefficient (Wildman–Crippen LogP) is 3.76. The normalized spacial score (nSPS) is 13.9. The summed E-state index contributed by atoms with van der Waals surface area (Å²) in [7, 11) is 0. The van der Waals surface area contributed by atoms with Gasteiger partial charge < -0.3 is 20.3 Å². The van der Waals surface area contributed by atoms with Crippen molar-refractivity contribution in [3.8, 4) is 16.9 Å². The van der Waals surface area contributed by atoms with E-state index in [1.807, 2.05) is 4.90 Å². The summed E-state index contributed by atoms with van der Waals surface area (Å²) in [4.78, 5) is 24.6. The maximum Gasteiger partial charge on any atom is 0.409 e. The van der Waals surface area contributed by atoms with Crippen LogP contribution in [0, 0.1) is 17.5 Å². The highest BCUT2D eigenvalue weighted by atomic mass is 19.1. The second-order valence-electron chi connectivity index (χ2n) is 8.14. The average molecular weight is 497 g/mol. The van der Waals surface area contributed by atoms with E-state index in [0.717, 1.165) is 12.1 Å². The summed E-state index contributed by atoms with van der Waals surface area (Å²) in [5, 5.41) is 4.69. The van der Waals surface area contributed by atoms with Crippen LogP contribution in [0.3, 0.4) is 0 Å². The molecule has 5 rings (SSSR count). The first-order valence-electron chi connectivity index (χ1n) is 11.3. The van der Waals surface area contributed by atoms with Crippen LogP contribution >= 0.6 is 0 Å². The molecule has 1 saturated heterocycles. The molecule has 2 aromatic heterocycles. The molecule has 0 radical (unpaired) electrons. The molecule has 2 aromatic carbocycles. The Hall–Kier alpha value is -4.35. The Balaban J connectivity index is 1.62. The van der Waals surface area contributed by atoms with Gasteiger partial charge in [-0.25, -0.2) is 27.6 Å². The van der Waals surface area contributed by atoms with E-state index >= 15 is 0 Å². The molecule has 1 aliphatic heterocycles. The smallest absolute Gasteiger partial charge is 0.409 e. The number of amides is 1. The number of halogens is 3. The molecular weight excluding hydrogens is 475 g/mol. The summed E-state index contributed by atoms with van der Waals surface area (Å²) in [5.41, 5.74) is 7.03. The zero-order valence-electron chi connectivity index (χ0n) is 19.3. The van der Waals surface area contributed by atoms with E-state index in [1.54, 1.807) is 17.9 Å². The molecule has 1 fully saturated rings.